The van der Waals surface area contributed by atoms with Crippen LogP contribution in [0.2, 0.25) is 0 Å². The lowest BCUT2D eigenvalue weighted by molar-refractivity contribution is -0.124. The molecule has 2 aromatic rings. The lowest BCUT2D eigenvalue weighted by atomic mass is 10.1. The van der Waals surface area contributed by atoms with Gasteiger partial charge in [-0.25, -0.2) is 10.3 Å². The Kier molecular flexibility index (Phi) is 7.19. The molecule has 2 aromatic carbocycles. The zero-order valence-corrected chi connectivity index (χ0v) is 15.1. The van der Waals surface area contributed by atoms with Crippen LogP contribution in [0.1, 0.15) is 18.1 Å². The van der Waals surface area contributed by atoms with Gasteiger partial charge in [-0.2, -0.15) is 0 Å². The molecule has 0 radical (unpaired) electrons. The number of carbonyl (C=O) groups excluding carboxylic acids is 2. The number of anilines is 1. The van der Waals surface area contributed by atoms with Crippen molar-refractivity contribution in [2.45, 2.75) is 12.5 Å². The molecule has 2 rings (SSSR count). The minimum atomic E-state index is -0.686. The molecule has 0 aliphatic carbocycles. The van der Waals surface area contributed by atoms with Crippen LogP contribution in [0.5, 0.6) is 5.75 Å². The Morgan fingerprint density at radius 3 is 2.38 bits per heavy atom. The summed E-state index contributed by atoms with van der Waals surface area (Å²) < 4.78 is 6.32. The average Bonchev–Trinajstić information content (AvgIpc) is 2.63. The number of hydrogen-bond acceptors (Lipinski definition) is 5. The predicted octanol–water partition coefficient (Wildman–Crippen LogP) is 3.90. The number of phenols is 1. The summed E-state index contributed by atoms with van der Waals surface area (Å²) in [5.41, 5.74) is 2.69. The third-order valence-corrected chi connectivity index (χ3v) is 3.86. The van der Waals surface area contributed by atoms with E-state index in [9.17, 15) is 14.7 Å². The van der Waals surface area contributed by atoms with Crippen LogP contribution < -0.4 is 10.8 Å². The van der Waals surface area contributed by atoms with Crippen LogP contribution in [0.25, 0.3) is 0 Å². The highest BCUT2D eigenvalue weighted by Crippen LogP contribution is 2.25. The molecule has 0 unspecified atom stereocenters. The molecule has 0 saturated carbocycles. The molecular weight excluding hydrogens is 404 g/mol. The Morgan fingerprint density at radius 1 is 1.12 bits per heavy atom. The Morgan fingerprint density at radius 2 is 1.77 bits per heavy atom. The van der Waals surface area contributed by atoms with Crippen LogP contribution in [-0.2, 0) is 9.53 Å². The lowest BCUT2D eigenvalue weighted by Crippen LogP contribution is -2.18. The van der Waals surface area contributed by atoms with Crippen LogP contribution in [0.4, 0.5) is 10.5 Å². The van der Waals surface area contributed by atoms with Gasteiger partial charge >= 0.3 is 6.09 Å². The molecule has 0 saturated heterocycles. The first-order valence-electron chi connectivity index (χ1n) is 7.60. The van der Waals surface area contributed by atoms with E-state index in [1.807, 2.05) is 0 Å². The Hall–Kier alpha value is -2.84. The van der Waals surface area contributed by atoms with E-state index < -0.39 is 18.1 Å². The van der Waals surface area contributed by atoms with Gasteiger partial charge in [-0.15, -0.1) is 0 Å². The smallest absolute Gasteiger partial charge is 0.412 e. The maximum Gasteiger partial charge on any atom is 0.412 e. The average molecular weight is 421 g/mol. The number of hydroxylamine groups is 1. The van der Waals surface area contributed by atoms with Gasteiger partial charge in [0.2, 0.25) is 0 Å². The molecule has 0 heterocycles. The highest BCUT2D eigenvalue weighted by molar-refractivity contribution is 9.10. The Labute approximate surface area is 158 Å². The van der Waals surface area contributed by atoms with E-state index in [1.165, 1.54) is 23.7 Å². The van der Waals surface area contributed by atoms with E-state index in [1.54, 1.807) is 36.4 Å². The largest absolute Gasteiger partial charge is 0.508 e. The normalized spacial score (nSPS) is 11.8. The van der Waals surface area contributed by atoms with Gasteiger partial charge < -0.3 is 9.84 Å². The van der Waals surface area contributed by atoms with Crippen LogP contribution in [0.3, 0.4) is 0 Å². The molecule has 1 atom stereocenters. The molecule has 0 bridgehead atoms. The summed E-state index contributed by atoms with van der Waals surface area (Å²) in [6.07, 6.45) is 1.45. The minimum absolute atomic E-state index is 0.0852. The number of benzene rings is 2. The first-order chi connectivity index (χ1) is 12.5. The maximum atomic E-state index is 12.2. The fourth-order valence-electron chi connectivity index (χ4n) is 2.09. The second-order valence-electron chi connectivity index (χ2n) is 5.23. The number of hydrogen-bond donors (Lipinski definition) is 4. The molecule has 0 aliphatic heterocycles. The van der Waals surface area contributed by atoms with Gasteiger partial charge in [0.15, 0.2) is 0 Å². The van der Waals surface area contributed by atoms with Gasteiger partial charge in [-0.1, -0.05) is 34.1 Å². The topological polar surface area (TPSA) is 108 Å². The number of halogens is 1. The number of rotatable bonds is 6. The number of amides is 2. The third kappa shape index (κ3) is 6.23. The van der Waals surface area contributed by atoms with Gasteiger partial charge in [0.25, 0.3) is 5.91 Å². The molecule has 136 valence electrons. The fraction of sp³-hybridized carbons (Fsp3) is 0.111. The van der Waals surface area contributed by atoms with Crippen molar-refractivity contribution in [3.8, 4) is 5.75 Å². The summed E-state index contributed by atoms with van der Waals surface area (Å²) in [6, 6.07) is 13.2. The molecule has 0 fully saturated rings. The monoisotopic (exact) mass is 420 g/mol. The van der Waals surface area contributed by atoms with E-state index in [0.29, 0.717) is 11.3 Å². The van der Waals surface area contributed by atoms with Crippen molar-refractivity contribution in [2.24, 2.45) is 0 Å². The summed E-state index contributed by atoms with van der Waals surface area (Å²) in [6.45, 7) is 0. The van der Waals surface area contributed by atoms with Crippen molar-refractivity contribution in [3.05, 3.63) is 70.7 Å². The molecular formula is C18H17BrN2O5. The van der Waals surface area contributed by atoms with Crippen LogP contribution >= 0.6 is 15.9 Å². The zero-order chi connectivity index (χ0) is 18.9. The maximum absolute atomic E-state index is 12.2. The summed E-state index contributed by atoms with van der Waals surface area (Å²) in [5, 5.41) is 20.5. The quantitative estimate of drug-likeness (QED) is 0.322. The third-order valence-electron chi connectivity index (χ3n) is 3.33. The van der Waals surface area contributed by atoms with Crippen molar-refractivity contribution in [1.82, 2.24) is 5.48 Å². The predicted molar refractivity (Wildman–Crippen MR) is 98.8 cm³/mol. The summed E-state index contributed by atoms with van der Waals surface area (Å²) >= 11 is 3.31. The van der Waals surface area contributed by atoms with Crippen LogP contribution in [0, 0.1) is 0 Å². The number of ether oxygens (including phenoxy) is 1. The van der Waals surface area contributed by atoms with E-state index in [2.05, 4.69) is 21.2 Å². The van der Waals surface area contributed by atoms with Gasteiger partial charge in [0.05, 0.1) is 0 Å². The molecule has 0 spiro atoms. The highest BCUT2D eigenvalue weighted by atomic mass is 79.9. The molecule has 0 aromatic heterocycles. The van der Waals surface area contributed by atoms with Gasteiger partial charge in [-0.05, 0) is 42.0 Å². The minimum Gasteiger partial charge on any atom is -0.508 e. The molecule has 0 aliphatic rings. The van der Waals surface area contributed by atoms with Crippen molar-refractivity contribution in [1.29, 1.82) is 0 Å². The Balaban J connectivity index is 2.07. The fourth-order valence-corrected chi connectivity index (χ4v) is 2.35. The molecule has 2 amide bonds. The second-order valence-corrected chi connectivity index (χ2v) is 6.15. The molecule has 7 nitrogen and oxygen atoms in total. The second kappa shape index (κ2) is 9.59. The van der Waals surface area contributed by atoms with Crippen LogP contribution in [-0.4, -0.2) is 22.3 Å². The lowest BCUT2D eigenvalue weighted by Gasteiger charge is -2.17. The van der Waals surface area contributed by atoms with Crippen molar-refractivity contribution in [3.63, 3.8) is 0 Å². The Bertz CT molecular complexity index is 775. The van der Waals surface area contributed by atoms with Gasteiger partial charge in [-0.3, -0.25) is 15.3 Å². The summed E-state index contributed by atoms with van der Waals surface area (Å²) in [4.78, 5) is 23.2. The molecule has 26 heavy (non-hydrogen) atoms. The molecule has 4 N–H and O–H groups in total. The van der Waals surface area contributed by atoms with Crippen molar-refractivity contribution < 1.29 is 24.6 Å². The van der Waals surface area contributed by atoms with Crippen molar-refractivity contribution in [2.75, 3.05) is 5.32 Å². The zero-order valence-electron chi connectivity index (χ0n) is 13.6. The first-order valence-corrected chi connectivity index (χ1v) is 8.40. The van der Waals surface area contributed by atoms with E-state index >= 15 is 0 Å². The number of nitrogens with one attached hydrogen (secondary N) is 2. The SMILES string of the molecule is O=C(/C=C/C[C@@H](OC(=O)Nc1ccc(Br)cc1)c1ccc(O)cc1)NO. The standard InChI is InChI=1S/C18H17BrN2O5/c19-13-6-8-14(9-7-13)20-18(24)26-16(2-1-3-17(23)21-25)12-4-10-15(22)11-5-12/h1,3-11,16,22,25H,2H2,(H,20,24)(H,21,23)/b3-1+/t16-/m1/s1. The number of aromatic hydroxyl groups is 1. The number of carbonyl (C=O) groups is 2. The van der Waals surface area contributed by atoms with Crippen LogP contribution in [0.15, 0.2) is 65.2 Å². The van der Waals surface area contributed by atoms with E-state index in [0.717, 1.165) is 10.5 Å². The van der Waals surface area contributed by atoms with E-state index in [-0.39, 0.29) is 12.2 Å². The van der Waals surface area contributed by atoms with Gasteiger partial charge in [0, 0.05) is 22.7 Å². The highest BCUT2D eigenvalue weighted by Gasteiger charge is 2.16. The first kappa shape index (κ1) is 19.5. The van der Waals surface area contributed by atoms with Gasteiger partial charge in [0.1, 0.15) is 11.9 Å². The number of phenolic OH excluding ortho intramolecular Hbond substituents is 1. The summed E-state index contributed by atoms with van der Waals surface area (Å²) in [7, 11) is 0. The summed E-state index contributed by atoms with van der Waals surface area (Å²) in [5.74, 6) is -0.601. The van der Waals surface area contributed by atoms with Crippen molar-refractivity contribution >= 4 is 33.6 Å². The van der Waals surface area contributed by atoms with E-state index in [4.69, 9.17) is 9.94 Å². The molecule has 8 heteroatoms.